The average Bonchev–Trinajstić information content (AvgIpc) is 2.64. The van der Waals surface area contributed by atoms with Crippen molar-refractivity contribution in [3.63, 3.8) is 0 Å². The molecule has 1 saturated heterocycles. The predicted molar refractivity (Wildman–Crippen MR) is 115 cm³/mol. The van der Waals surface area contributed by atoms with Gasteiger partial charge < -0.3 is 5.32 Å². The molecule has 0 saturated carbocycles. The van der Waals surface area contributed by atoms with Gasteiger partial charge in [-0.15, -0.1) is 0 Å². The highest BCUT2D eigenvalue weighted by molar-refractivity contribution is 5.82. The molecule has 3 heteroatoms. The third-order valence-corrected chi connectivity index (χ3v) is 4.75. The van der Waals surface area contributed by atoms with E-state index in [-0.39, 0.29) is 19.4 Å². The number of benzene rings is 2. The lowest BCUT2D eigenvalue weighted by molar-refractivity contribution is -0.122. The molecule has 0 spiro atoms. The average molecular weight is 365 g/mol. The second-order valence-electron chi connectivity index (χ2n) is 7.21. The molecule has 27 heavy (non-hydrogen) atoms. The first-order valence-electron chi connectivity index (χ1n) is 9.48. The smallest absolute Gasteiger partial charge is 0.234 e. The molecule has 144 valence electrons. The van der Waals surface area contributed by atoms with E-state index in [1.807, 2.05) is 13.8 Å². The fourth-order valence-electron chi connectivity index (χ4n) is 3.59. The van der Waals surface area contributed by atoms with Gasteiger partial charge in [0.25, 0.3) is 0 Å². The summed E-state index contributed by atoms with van der Waals surface area (Å²) < 4.78 is 0. The van der Waals surface area contributed by atoms with Gasteiger partial charge in [-0.25, -0.2) is 0 Å². The summed E-state index contributed by atoms with van der Waals surface area (Å²) in [4.78, 5) is 14.3. The van der Waals surface area contributed by atoms with Crippen molar-refractivity contribution in [3.05, 3.63) is 77.4 Å². The van der Waals surface area contributed by atoms with E-state index in [2.05, 4.69) is 70.9 Å². The summed E-state index contributed by atoms with van der Waals surface area (Å²) in [6.07, 6.45) is 2.02. The largest absolute Gasteiger partial charge is 0.353 e. The Kier molecular flexibility index (Phi) is 7.81. The third-order valence-electron chi connectivity index (χ3n) is 4.75. The zero-order valence-electron chi connectivity index (χ0n) is 15.7. The van der Waals surface area contributed by atoms with E-state index < -0.39 is 0 Å². The highest BCUT2D eigenvalue weighted by Gasteiger charge is 2.20. The van der Waals surface area contributed by atoms with Gasteiger partial charge >= 0.3 is 0 Å². The molecule has 0 aliphatic carbocycles. The van der Waals surface area contributed by atoms with Crippen LogP contribution in [-0.2, 0) is 4.79 Å². The number of carbonyl (C=O) groups is 1. The molecule has 1 aliphatic heterocycles. The van der Waals surface area contributed by atoms with Gasteiger partial charge in [0, 0.05) is 19.1 Å². The Bertz CT molecular complexity index is 699. The van der Waals surface area contributed by atoms with Crippen molar-refractivity contribution in [2.45, 2.75) is 40.2 Å². The van der Waals surface area contributed by atoms with Crippen LogP contribution in [0.3, 0.4) is 0 Å². The number of rotatable bonds is 5. The number of nitrogens with one attached hydrogen (secondary N) is 1. The van der Waals surface area contributed by atoms with Crippen LogP contribution in [0.25, 0.3) is 5.57 Å². The summed E-state index contributed by atoms with van der Waals surface area (Å²) >= 11 is 0. The quantitative estimate of drug-likeness (QED) is 0.831. The van der Waals surface area contributed by atoms with Crippen LogP contribution in [-0.4, -0.2) is 36.5 Å². The molecule has 0 radical (unpaired) electrons. The van der Waals surface area contributed by atoms with E-state index in [0.29, 0.717) is 6.54 Å². The Labute approximate surface area is 164 Å². The molecule has 2 aromatic carbocycles. The molecule has 1 heterocycles. The van der Waals surface area contributed by atoms with E-state index in [9.17, 15) is 4.79 Å². The van der Waals surface area contributed by atoms with Gasteiger partial charge in [-0.1, -0.05) is 73.7 Å². The van der Waals surface area contributed by atoms with Gasteiger partial charge in [-0.2, -0.15) is 0 Å². The first kappa shape index (κ1) is 20.9. The Morgan fingerprint density at radius 1 is 0.926 bits per heavy atom. The second-order valence-corrected chi connectivity index (χ2v) is 7.21. The molecule has 1 N–H and O–H groups in total. The highest BCUT2D eigenvalue weighted by Crippen LogP contribution is 2.32. The number of piperidine rings is 1. The van der Waals surface area contributed by atoms with Crippen molar-refractivity contribution in [1.82, 2.24) is 10.2 Å². The Morgan fingerprint density at radius 3 is 1.85 bits per heavy atom. The van der Waals surface area contributed by atoms with Gasteiger partial charge in [0.05, 0.1) is 6.54 Å². The molecule has 2 aromatic rings. The third kappa shape index (κ3) is 5.80. The van der Waals surface area contributed by atoms with Gasteiger partial charge in [0.2, 0.25) is 5.91 Å². The lowest BCUT2D eigenvalue weighted by Crippen LogP contribution is -2.42. The Morgan fingerprint density at radius 2 is 1.41 bits per heavy atom. The van der Waals surface area contributed by atoms with Gasteiger partial charge in [0.1, 0.15) is 0 Å². The molecule has 0 atom stereocenters. The van der Waals surface area contributed by atoms with Crippen LogP contribution >= 0.6 is 0 Å². The first-order chi connectivity index (χ1) is 12.6. The molecule has 1 amide bonds. The molecule has 3 nitrogen and oxygen atoms in total. The van der Waals surface area contributed by atoms with Crippen LogP contribution in [0.5, 0.6) is 0 Å². The zero-order chi connectivity index (χ0) is 18.4. The van der Waals surface area contributed by atoms with Gasteiger partial charge in [-0.05, 0) is 43.4 Å². The molecule has 1 fully saturated rings. The van der Waals surface area contributed by atoms with E-state index in [0.717, 1.165) is 25.9 Å². The SMILES string of the molecule is C.CC(C)NC(=O)CN1CCC(=C(c2ccccc2)c2ccccc2)CC1. The summed E-state index contributed by atoms with van der Waals surface area (Å²) in [6.45, 7) is 6.37. The lowest BCUT2D eigenvalue weighted by Gasteiger charge is -2.30. The number of hydrogen-bond acceptors (Lipinski definition) is 2. The lowest BCUT2D eigenvalue weighted by atomic mass is 9.88. The summed E-state index contributed by atoms with van der Waals surface area (Å²) in [5.41, 5.74) is 5.40. The fourth-order valence-corrected chi connectivity index (χ4v) is 3.59. The van der Waals surface area contributed by atoms with Crippen LogP contribution in [0.1, 0.15) is 45.2 Å². The van der Waals surface area contributed by atoms with E-state index in [1.54, 1.807) is 0 Å². The maximum absolute atomic E-state index is 12.0. The van der Waals surface area contributed by atoms with E-state index in [4.69, 9.17) is 0 Å². The minimum Gasteiger partial charge on any atom is -0.353 e. The summed E-state index contributed by atoms with van der Waals surface area (Å²) in [6, 6.07) is 21.5. The summed E-state index contributed by atoms with van der Waals surface area (Å²) in [7, 11) is 0. The number of likely N-dealkylation sites (tertiary alicyclic amines) is 1. The topological polar surface area (TPSA) is 32.3 Å². The fraction of sp³-hybridized carbons (Fsp3) is 0.375. The van der Waals surface area contributed by atoms with E-state index in [1.165, 1.54) is 22.3 Å². The van der Waals surface area contributed by atoms with Crippen molar-refractivity contribution in [3.8, 4) is 0 Å². The Hall–Kier alpha value is -2.39. The maximum atomic E-state index is 12.0. The van der Waals surface area contributed by atoms with E-state index >= 15 is 0 Å². The molecular formula is C24H32N2O. The number of hydrogen-bond donors (Lipinski definition) is 1. The number of amides is 1. The zero-order valence-corrected chi connectivity index (χ0v) is 15.7. The van der Waals surface area contributed by atoms with Crippen molar-refractivity contribution in [2.75, 3.05) is 19.6 Å². The van der Waals surface area contributed by atoms with Crippen LogP contribution in [0.2, 0.25) is 0 Å². The molecule has 0 aromatic heterocycles. The molecule has 1 aliphatic rings. The summed E-state index contributed by atoms with van der Waals surface area (Å²) in [5.74, 6) is 0.124. The second kappa shape index (κ2) is 10.1. The van der Waals surface area contributed by atoms with Crippen LogP contribution in [0.4, 0.5) is 0 Å². The monoisotopic (exact) mass is 364 g/mol. The van der Waals surface area contributed by atoms with Crippen molar-refractivity contribution in [1.29, 1.82) is 0 Å². The molecular weight excluding hydrogens is 332 g/mol. The maximum Gasteiger partial charge on any atom is 0.234 e. The van der Waals surface area contributed by atoms with Crippen molar-refractivity contribution in [2.24, 2.45) is 0 Å². The minimum absolute atomic E-state index is 0. The van der Waals surface area contributed by atoms with Crippen LogP contribution in [0, 0.1) is 0 Å². The van der Waals surface area contributed by atoms with Gasteiger partial charge in [-0.3, -0.25) is 9.69 Å². The first-order valence-corrected chi connectivity index (χ1v) is 9.48. The molecule has 0 unspecified atom stereocenters. The summed E-state index contributed by atoms with van der Waals surface area (Å²) in [5, 5.41) is 2.98. The molecule has 0 bridgehead atoms. The van der Waals surface area contributed by atoms with Crippen LogP contribution in [0.15, 0.2) is 66.2 Å². The van der Waals surface area contributed by atoms with Gasteiger partial charge in [0.15, 0.2) is 0 Å². The highest BCUT2D eigenvalue weighted by atomic mass is 16.2. The number of nitrogens with zero attached hydrogens (tertiary/aromatic N) is 1. The standard InChI is InChI=1S/C23H28N2O.CH4/c1-18(2)24-22(26)17-25-15-13-21(14-16-25)23(19-9-5-3-6-10-19)20-11-7-4-8-12-20;/h3-12,18H,13-17H2,1-2H3,(H,24,26);1H4. The minimum atomic E-state index is 0. The van der Waals surface area contributed by atoms with Crippen LogP contribution < -0.4 is 5.32 Å². The Balaban J connectivity index is 0.00000261. The predicted octanol–water partition coefficient (Wildman–Crippen LogP) is 4.75. The number of carbonyl (C=O) groups excluding carboxylic acids is 1. The normalized spacial score (nSPS) is 14.6. The van der Waals surface area contributed by atoms with Crippen molar-refractivity contribution < 1.29 is 4.79 Å². The van der Waals surface area contributed by atoms with Crippen molar-refractivity contribution >= 4 is 11.5 Å². The molecule has 3 rings (SSSR count).